The van der Waals surface area contributed by atoms with Crippen LogP contribution in [0.15, 0.2) is 30.6 Å². The number of aryl methyl sites for hydroxylation is 1. The molecular formula is C18H22ClN5O. The number of anilines is 3. The van der Waals surface area contributed by atoms with E-state index in [1.54, 1.807) is 18.2 Å². The molecule has 0 aliphatic carbocycles. The van der Waals surface area contributed by atoms with Crippen LogP contribution >= 0.6 is 11.6 Å². The number of rotatable bonds is 3. The molecule has 0 spiro atoms. The first kappa shape index (κ1) is 17.5. The Morgan fingerprint density at radius 3 is 2.68 bits per heavy atom. The fourth-order valence-electron chi connectivity index (χ4n) is 2.78. The topological polar surface area (TPSA) is 70.2 Å². The van der Waals surface area contributed by atoms with Crippen molar-refractivity contribution in [3.05, 3.63) is 41.2 Å². The second-order valence-corrected chi connectivity index (χ2v) is 6.88. The summed E-state index contributed by atoms with van der Waals surface area (Å²) in [5, 5.41) is 6.11. The number of hydrogen-bond acceptors (Lipinski definition) is 4. The lowest BCUT2D eigenvalue weighted by Crippen LogP contribution is -2.33. The number of aromatic nitrogens is 2. The average molecular weight is 360 g/mol. The molecule has 132 valence electrons. The van der Waals surface area contributed by atoms with Crippen molar-refractivity contribution in [3.8, 4) is 0 Å². The third kappa shape index (κ3) is 4.60. The van der Waals surface area contributed by atoms with Gasteiger partial charge in [0, 0.05) is 29.9 Å². The van der Waals surface area contributed by atoms with Crippen LogP contribution in [0.5, 0.6) is 0 Å². The average Bonchev–Trinajstić information content (AvgIpc) is 2.59. The largest absolute Gasteiger partial charge is 0.356 e. The number of nitrogens with one attached hydrogen (secondary N) is 2. The number of benzene rings is 1. The van der Waals surface area contributed by atoms with E-state index in [0.717, 1.165) is 43.2 Å². The molecule has 1 saturated heterocycles. The Bertz CT molecular complexity index is 759. The van der Waals surface area contributed by atoms with E-state index >= 15 is 0 Å². The van der Waals surface area contributed by atoms with Gasteiger partial charge < -0.3 is 10.2 Å². The molecule has 1 fully saturated rings. The zero-order chi connectivity index (χ0) is 17.8. The van der Waals surface area contributed by atoms with Crippen LogP contribution < -0.4 is 15.5 Å². The summed E-state index contributed by atoms with van der Waals surface area (Å²) in [7, 11) is 0. The van der Waals surface area contributed by atoms with Gasteiger partial charge in [-0.2, -0.15) is 0 Å². The Morgan fingerprint density at radius 1 is 1.20 bits per heavy atom. The summed E-state index contributed by atoms with van der Waals surface area (Å²) in [5.74, 6) is 2.07. The Morgan fingerprint density at radius 2 is 1.96 bits per heavy atom. The first-order valence-corrected chi connectivity index (χ1v) is 8.80. The molecule has 0 radical (unpaired) electrons. The second-order valence-electron chi connectivity index (χ2n) is 6.47. The number of piperidine rings is 1. The molecule has 0 unspecified atom stereocenters. The van der Waals surface area contributed by atoms with Crippen molar-refractivity contribution in [1.82, 2.24) is 9.97 Å². The van der Waals surface area contributed by atoms with Crippen molar-refractivity contribution in [3.63, 3.8) is 0 Å². The number of urea groups is 1. The van der Waals surface area contributed by atoms with Gasteiger partial charge in [-0.15, -0.1) is 0 Å². The summed E-state index contributed by atoms with van der Waals surface area (Å²) in [6.45, 7) is 6.14. The van der Waals surface area contributed by atoms with Gasteiger partial charge >= 0.3 is 6.03 Å². The summed E-state index contributed by atoms with van der Waals surface area (Å²) in [6, 6.07) is 6.82. The first-order valence-electron chi connectivity index (χ1n) is 8.42. The maximum Gasteiger partial charge on any atom is 0.324 e. The summed E-state index contributed by atoms with van der Waals surface area (Å²) in [4.78, 5) is 22.8. The predicted molar refractivity (Wildman–Crippen MR) is 101 cm³/mol. The maximum absolute atomic E-state index is 12.2. The van der Waals surface area contributed by atoms with E-state index in [0.29, 0.717) is 16.5 Å². The van der Waals surface area contributed by atoms with Crippen molar-refractivity contribution in [2.45, 2.75) is 26.7 Å². The van der Waals surface area contributed by atoms with E-state index in [1.807, 2.05) is 13.0 Å². The highest BCUT2D eigenvalue weighted by Crippen LogP contribution is 2.23. The molecule has 2 heterocycles. The van der Waals surface area contributed by atoms with Crippen LogP contribution in [-0.2, 0) is 0 Å². The van der Waals surface area contributed by atoms with Crippen molar-refractivity contribution >= 4 is 35.0 Å². The fourth-order valence-corrected chi connectivity index (χ4v) is 2.96. The minimum absolute atomic E-state index is 0.364. The van der Waals surface area contributed by atoms with Crippen molar-refractivity contribution in [2.24, 2.45) is 5.92 Å². The summed E-state index contributed by atoms with van der Waals surface area (Å²) >= 11 is 6.08. The van der Waals surface area contributed by atoms with E-state index < -0.39 is 0 Å². The molecule has 1 aromatic carbocycles. The third-order valence-electron chi connectivity index (χ3n) is 4.43. The molecule has 0 atom stereocenters. The van der Waals surface area contributed by atoms with Crippen LogP contribution in [-0.4, -0.2) is 29.1 Å². The van der Waals surface area contributed by atoms with Crippen LogP contribution in [0.3, 0.4) is 0 Å². The van der Waals surface area contributed by atoms with E-state index in [9.17, 15) is 4.79 Å². The van der Waals surface area contributed by atoms with Gasteiger partial charge in [-0.05, 0) is 43.4 Å². The monoisotopic (exact) mass is 359 g/mol. The number of carbonyl (C=O) groups is 1. The first-order chi connectivity index (χ1) is 12.0. The molecule has 3 rings (SSSR count). The molecule has 1 aliphatic rings. The van der Waals surface area contributed by atoms with Gasteiger partial charge in [0.25, 0.3) is 0 Å². The lowest BCUT2D eigenvalue weighted by Gasteiger charge is -2.31. The minimum Gasteiger partial charge on any atom is -0.356 e. The van der Waals surface area contributed by atoms with Crippen LogP contribution in [0.1, 0.15) is 25.3 Å². The number of halogens is 1. The van der Waals surface area contributed by atoms with Crippen molar-refractivity contribution in [1.29, 1.82) is 0 Å². The van der Waals surface area contributed by atoms with Gasteiger partial charge in [-0.25, -0.2) is 14.8 Å². The molecule has 0 bridgehead atoms. The molecule has 1 aromatic heterocycles. The fraction of sp³-hybridized carbons (Fsp3) is 0.389. The highest BCUT2D eigenvalue weighted by molar-refractivity contribution is 6.31. The summed E-state index contributed by atoms with van der Waals surface area (Å²) in [6.07, 6.45) is 3.79. The lowest BCUT2D eigenvalue weighted by molar-refractivity contribution is 0.262. The maximum atomic E-state index is 12.2. The van der Waals surface area contributed by atoms with Crippen LogP contribution in [0.25, 0.3) is 0 Å². The number of carbonyl (C=O) groups excluding carboxylic acids is 1. The highest BCUT2D eigenvalue weighted by atomic mass is 35.5. The molecular weight excluding hydrogens is 338 g/mol. The van der Waals surface area contributed by atoms with Gasteiger partial charge in [0.15, 0.2) is 0 Å². The van der Waals surface area contributed by atoms with Gasteiger partial charge in [0.1, 0.15) is 18.0 Å². The van der Waals surface area contributed by atoms with Gasteiger partial charge in [-0.3, -0.25) is 5.32 Å². The third-order valence-corrected chi connectivity index (χ3v) is 4.84. The van der Waals surface area contributed by atoms with E-state index in [-0.39, 0.29) is 6.03 Å². The Labute approximate surface area is 152 Å². The van der Waals surface area contributed by atoms with Crippen LogP contribution in [0.2, 0.25) is 5.02 Å². The Kier molecular flexibility index (Phi) is 5.38. The quantitative estimate of drug-likeness (QED) is 0.856. The summed E-state index contributed by atoms with van der Waals surface area (Å²) < 4.78 is 0. The van der Waals surface area contributed by atoms with E-state index in [4.69, 9.17) is 11.6 Å². The predicted octanol–water partition coefficient (Wildman–Crippen LogP) is 4.32. The van der Waals surface area contributed by atoms with E-state index in [1.165, 1.54) is 6.33 Å². The minimum atomic E-state index is -0.364. The van der Waals surface area contributed by atoms with Crippen molar-refractivity contribution in [2.75, 3.05) is 28.6 Å². The molecule has 2 N–H and O–H groups in total. The summed E-state index contributed by atoms with van der Waals surface area (Å²) in [5.41, 5.74) is 1.59. The molecule has 25 heavy (non-hydrogen) atoms. The number of amides is 2. The van der Waals surface area contributed by atoms with Crippen LogP contribution in [0.4, 0.5) is 22.1 Å². The molecule has 6 nitrogen and oxygen atoms in total. The SMILES string of the molecule is Cc1ccc(NC(=O)Nc2cc(N3CCC(C)CC3)ncn2)cc1Cl. The second kappa shape index (κ2) is 7.70. The van der Waals surface area contributed by atoms with Crippen LogP contribution in [0, 0.1) is 12.8 Å². The number of hydrogen-bond donors (Lipinski definition) is 2. The van der Waals surface area contributed by atoms with Gasteiger partial charge in [0.05, 0.1) is 0 Å². The normalized spacial score (nSPS) is 15.1. The molecule has 7 heteroatoms. The molecule has 0 saturated carbocycles. The molecule has 2 amide bonds. The smallest absolute Gasteiger partial charge is 0.324 e. The zero-order valence-corrected chi connectivity index (χ0v) is 15.2. The Hall–Kier alpha value is -2.34. The highest BCUT2D eigenvalue weighted by Gasteiger charge is 2.17. The Balaban J connectivity index is 1.63. The lowest BCUT2D eigenvalue weighted by atomic mass is 9.99. The van der Waals surface area contributed by atoms with Gasteiger partial charge in [0.2, 0.25) is 0 Å². The standard InChI is InChI=1S/C18H22ClN5O/c1-12-5-7-24(8-6-12)17-10-16(20-11-21-17)23-18(25)22-14-4-3-13(2)15(19)9-14/h3-4,9-12H,5-8H2,1-2H3,(H2,20,21,22,23,25). The van der Waals surface area contributed by atoms with Gasteiger partial charge in [-0.1, -0.05) is 24.6 Å². The van der Waals surface area contributed by atoms with Crippen molar-refractivity contribution < 1.29 is 4.79 Å². The number of nitrogens with zero attached hydrogens (tertiary/aromatic N) is 3. The zero-order valence-electron chi connectivity index (χ0n) is 14.4. The van der Waals surface area contributed by atoms with E-state index in [2.05, 4.69) is 32.4 Å². The molecule has 1 aliphatic heterocycles. The molecule has 2 aromatic rings.